The number of hydrogen-bond donors (Lipinski definition) is 1. The van der Waals surface area contributed by atoms with Gasteiger partial charge in [0.1, 0.15) is 0 Å². The van der Waals surface area contributed by atoms with Crippen LogP contribution in [0.25, 0.3) is 0 Å². The van der Waals surface area contributed by atoms with Gasteiger partial charge >= 0.3 is 5.97 Å². The zero-order chi connectivity index (χ0) is 11.6. The van der Waals surface area contributed by atoms with E-state index in [1.807, 2.05) is 0 Å². The summed E-state index contributed by atoms with van der Waals surface area (Å²) in [6, 6.07) is 0. The summed E-state index contributed by atoms with van der Waals surface area (Å²) in [7, 11) is 1.56. The summed E-state index contributed by atoms with van der Waals surface area (Å²) in [4.78, 5) is 24.2. The van der Waals surface area contributed by atoms with Crippen molar-refractivity contribution in [2.24, 2.45) is 5.92 Å². The highest BCUT2D eigenvalue weighted by atomic mass is 16.5. The largest absolute Gasteiger partial charge is 0.481 e. The first-order valence-electron chi connectivity index (χ1n) is 4.93. The number of ether oxygens (including phenoxy) is 1. The summed E-state index contributed by atoms with van der Waals surface area (Å²) in [5.74, 6) is -1.64. The highest BCUT2D eigenvalue weighted by molar-refractivity contribution is 5.88. The minimum absolute atomic E-state index is 0.0893. The summed E-state index contributed by atoms with van der Waals surface area (Å²) in [5.41, 5.74) is -0.624. The molecule has 5 nitrogen and oxygen atoms in total. The molecule has 0 aliphatic carbocycles. The molecule has 1 amide bonds. The molecular formula is C10H17NO4. The molecule has 1 aliphatic heterocycles. The van der Waals surface area contributed by atoms with Crippen molar-refractivity contribution in [3.8, 4) is 0 Å². The van der Waals surface area contributed by atoms with Crippen LogP contribution in [0.3, 0.4) is 0 Å². The highest BCUT2D eigenvalue weighted by Crippen LogP contribution is 2.35. The van der Waals surface area contributed by atoms with E-state index in [0.29, 0.717) is 13.2 Å². The van der Waals surface area contributed by atoms with Crippen molar-refractivity contribution < 1.29 is 19.4 Å². The molecule has 1 atom stereocenters. The molecule has 1 heterocycles. The number of nitrogens with zero attached hydrogens (tertiary/aromatic N) is 1. The molecule has 0 bridgehead atoms. The molecule has 0 saturated carbocycles. The van der Waals surface area contributed by atoms with Gasteiger partial charge in [0.25, 0.3) is 0 Å². The van der Waals surface area contributed by atoms with Crippen molar-refractivity contribution >= 4 is 11.9 Å². The number of methoxy groups -OCH3 is 1. The molecule has 0 radical (unpaired) electrons. The van der Waals surface area contributed by atoms with Crippen molar-refractivity contribution in [3.05, 3.63) is 0 Å². The van der Waals surface area contributed by atoms with Crippen LogP contribution in [0.4, 0.5) is 0 Å². The molecule has 5 heteroatoms. The molecule has 86 valence electrons. The monoisotopic (exact) mass is 215 g/mol. The molecule has 0 spiro atoms. The van der Waals surface area contributed by atoms with Crippen molar-refractivity contribution in [2.45, 2.75) is 25.8 Å². The highest BCUT2D eigenvalue weighted by Gasteiger charge is 2.49. The number of likely N-dealkylation sites (tertiary alicyclic amines) is 1. The molecular weight excluding hydrogens is 198 g/mol. The summed E-state index contributed by atoms with van der Waals surface area (Å²) in [6.45, 7) is 4.45. The van der Waals surface area contributed by atoms with Crippen LogP contribution >= 0.6 is 0 Å². The quantitative estimate of drug-likeness (QED) is 0.734. The molecule has 15 heavy (non-hydrogen) atoms. The Kier molecular flexibility index (Phi) is 3.34. The Balaban J connectivity index is 2.80. The number of carboxylic acids is 1. The SMILES string of the molecule is COCCN1C(=O)CC(C(=O)O)C1(C)C. The number of aliphatic carboxylic acids is 1. The van der Waals surface area contributed by atoms with Gasteiger partial charge in [-0.1, -0.05) is 0 Å². The lowest BCUT2D eigenvalue weighted by atomic mass is 9.88. The van der Waals surface area contributed by atoms with E-state index in [9.17, 15) is 9.59 Å². The van der Waals surface area contributed by atoms with E-state index in [2.05, 4.69) is 0 Å². The van der Waals surface area contributed by atoms with E-state index in [4.69, 9.17) is 9.84 Å². The molecule has 1 N–H and O–H groups in total. The van der Waals surface area contributed by atoms with E-state index < -0.39 is 17.4 Å². The van der Waals surface area contributed by atoms with Gasteiger partial charge in [-0.15, -0.1) is 0 Å². The van der Waals surface area contributed by atoms with Crippen LogP contribution < -0.4 is 0 Å². The van der Waals surface area contributed by atoms with Crippen LogP contribution in [0, 0.1) is 5.92 Å². The van der Waals surface area contributed by atoms with E-state index in [1.54, 1.807) is 25.9 Å². The number of carbonyl (C=O) groups is 2. The van der Waals surface area contributed by atoms with Gasteiger partial charge in [-0.05, 0) is 13.8 Å². The van der Waals surface area contributed by atoms with E-state index in [-0.39, 0.29) is 12.3 Å². The second-order valence-electron chi connectivity index (χ2n) is 4.29. The van der Waals surface area contributed by atoms with Gasteiger partial charge in [-0.25, -0.2) is 0 Å². The number of rotatable bonds is 4. The van der Waals surface area contributed by atoms with E-state index in [1.165, 1.54) is 0 Å². The molecule has 1 saturated heterocycles. The number of carboxylic acid groups (broad SMARTS) is 1. The average molecular weight is 215 g/mol. The second kappa shape index (κ2) is 4.18. The Morgan fingerprint density at radius 3 is 2.67 bits per heavy atom. The number of carbonyl (C=O) groups excluding carboxylic acids is 1. The summed E-state index contributed by atoms with van der Waals surface area (Å²) >= 11 is 0. The molecule has 0 aromatic carbocycles. The Hall–Kier alpha value is -1.10. The van der Waals surface area contributed by atoms with Crippen molar-refractivity contribution in [2.75, 3.05) is 20.3 Å². The Morgan fingerprint density at radius 2 is 2.27 bits per heavy atom. The molecule has 0 aromatic rings. The van der Waals surface area contributed by atoms with Gasteiger partial charge in [0.2, 0.25) is 5.91 Å². The maximum atomic E-state index is 11.6. The fourth-order valence-electron chi connectivity index (χ4n) is 2.03. The van der Waals surface area contributed by atoms with Gasteiger partial charge in [-0.2, -0.15) is 0 Å². The minimum atomic E-state index is -0.909. The Morgan fingerprint density at radius 1 is 1.67 bits per heavy atom. The van der Waals surface area contributed by atoms with Gasteiger partial charge in [0.15, 0.2) is 0 Å². The standard InChI is InChI=1S/C10H17NO4/c1-10(2)7(9(13)14)6-8(12)11(10)4-5-15-3/h7H,4-6H2,1-3H3,(H,13,14). The normalized spacial score (nSPS) is 24.6. The van der Waals surface area contributed by atoms with E-state index >= 15 is 0 Å². The second-order valence-corrected chi connectivity index (χ2v) is 4.29. The molecule has 1 fully saturated rings. The zero-order valence-corrected chi connectivity index (χ0v) is 9.32. The predicted molar refractivity (Wildman–Crippen MR) is 53.4 cm³/mol. The molecule has 1 aliphatic rings. The Labute approximate surface area is 89.0 Å². The van der Waals surface area contributed by atoms with Crippen LogP contribution in [0.15, 0.2) is 0 Å². The van der Waals surface area contributed by atoms with Crippen molar-refractivity contribution in [1.29, 1.82) is 0 Å². The Bertz CT molecular complexity index is 275. The maximum absolute atomic E-state index is 11.6. The molecule has 0 aromatic heterocycles. The van der Waals surface area contributed by atoms with Gasteiger partial charge < -0.3 is 14.7 Å². The average Bonchev–Trinajstić information content (AvgIpc) is 2.35. The van der Waals surface area contributed by atoms with Crippen LogP contribution in [0.2, 0.25) is 0 Å². The summed E-state index contributed by atoms with van der Waals surface area (Å²) in [6.07, 6.45) is 0.0893. The van der Waals surface area contributed by atoms with E-state index in [0.717, 1.165) is 0 Å². The van der Waals surface area contributed by atoms with Gasteiger partial charge in [0.05, 0.1) is 18.1 Å². The lowest BCUT2D eigenvalue weighted by molar-refractivity contribution is -0.144. The fraction of sp³-hybridized carbons (Fsp3) is 0.800. The first-order chi connectivity index (χ1) is 6.91. The van der Waals surface area contributed by atoms with Crippen LogP contribution in [0.1, 0.15) is 20.3 Å². The smallest absolute Gasteiger partial charge is 0.309 e. The first-order valence-corrected chi connectivity index (χ1v) is 4.93. The molecule has 1 rings (SSSR count). The minimum Gasteiger partial charge on any atom is -0.481 e. The third kappa shape index (κ3) is 2.12. The van der Waals surface area contributed by atoms with Crippen molar-refractivity contribution in [3.63, 3.8) is 0 Å². The fourth-order valence-corrected chi connectivity index (χ4v) is 2.03. The zero-order valence-electron chi connectivity index (χ0n) is 9.32. The topological polar surface area (TPSA) is 66.8 Å². The lowest BCUT2D eigenvalue weighted by Crippen LogP contribution is -2.47. The number of amides is 1. The van der Waals surface area contributed by atoms with Crippen LogP contribution in [-0.2, 0) is 14.3 Å². The van der Waals surface area contributed by atoms with Gasteiger partial charge in [-0.3, -0.25) is 9.59 Å². The van der Waals surface area contributed by atoms with Crippen LogP contribution in [0.5, 0.6) is 0 Å². The molecule has 1 unspecified atom stereocenters. The van der Waals surface area contributed by atoms with Crippen molar-refractivity contribution in [1.82, 2.24) is 4.90 Å². The van der Waals surface area contributed by atoms with Crippen LogP contribution in [-0.4, -0.2) is 47.7 Å². The third-order valence-corrected chi connectivity index (χ3v) is 3.05. The van der Waals surface area contributed by atoms with Gasteiger partial charge in [0, 0.05) is 20.1 Å². The summed E-state index contributed by atoms with van der Waals surface area (Å²) < 4.78 is 4.90. The first kappa shape index (κ1) is 12.0. The summed E-state index contributed by atoms with van der Waals surface area (Å²) in [5, 5.41) is 9.00. The predicted octanol–water partition coefficient (Wildman–Crippen LogP) is 0.344. The maximum Gasteiger partial charge on any atom is 0.309 e. The third-order valence-electron chi connectivity index (χ3n) is 3.05. The lowest BCUT2D eigenvalue weighted by Gasteiger charge is -2.34. The number of hydrogen-bond acceptors (Lipinski definition) is 3.